The Bertz CT molecular complexity index is 644. The summed E-state index contributed by atoms with van der Waals surface area (Å²) in [6.45, 7) is 1.12. The third-order valence-corrected chi connectivity index (χ3v) is 5.40. The molecule has 20 heavy (non-hydrogen) atoms. The van der Waals surface area contributed by atoms with Crippen molar-refractivity contribution < 1.29 is 23.1 Å². The first kappa shape index (κ1) is 16.6. The number of carbonyl (C=O) groups excluding carboxylic acids is 1. The van der Waals surface area contributed by atoms with Crippen molar-refractivity contribution in [3.8, 4) is 0 Å². The lowest BCUT2D eigenvalue weighted by Crippen LogP contribution is -2.38. The van der Waals surface area contributed by atoms with Crippen molar-refractivity contribution in [1.29, 1.82) is 0 Å². The Morgan fingerprint density at radius 3 is 2.45 bits per heavy atom. The van der Waals surface area contributed by atoms with Crippen LogP contribution in [0, 0.1) is 0 Å². The maximum atomic E-state index is 12.4. The molecule has 0 fully saturated rings. The molecular weight excluding hydrogens is 352 g/mol. The highest BCUT2D eigenvalue weighted by Crippen LogP contribution is 2.26. The molecular formula is C11H13BrN2O5S. The van der Waals surface area contributed by atoms with E-state index in [1.165, 1.54) is 12.1 Å². The van der Waals surface area contributed by atoms with Gasteiger partial charge in [0, 0.05) is 11.0 Å². The highest BCUT2D eigenvalue weighted by atomic mass is 79.9. The number of carboxylic acid groups (broad SMARTS) is 1. The number of primary amides is 1. The van der Waals surface area contributed by atoms with Crippen LogP contribution in [0.5, 0.6) is 0 Å². The summed E-state index contributed by atoms with van der Waals surface area (Å²) >= 11 is 3.06. The molecule has 3 N–H and O–H groups in total. The van der Waals surface area contributed by atoms with E-state index in [9.17, 15) is 18.0 Å². The van der Waals surface area contributed by atoms with Crippen molar-refractivity contribution >= 4 is 37.8 Å². The average Bonchev–Trinajstić information content (AvgIpc) is 2.35. The third kappa shape index (κ3) is 3.56. The minimum absolute atomic E-state index is 0.0367. The van der Waals surface area contributed by atoms with Crippen LogP contribution in [0.4, 0.5) is 0 Å². The summed E-state index contributed by atoms with van der Waals surface area (Å²) in [4.78, 5) is 21.6. The second-order valence-corrected chi connectivity index (χ2v) is 6.61. The van der Waals surface area contributed by atoms with Gasteiger partial charge in [-0.3, -0.25) is 4.79 Å². The number of sulfonamides is 1. The van der Waals surface area contributed by atoms with Crippen LogP contribution in [-0.2, 0) is 14.8 Å². The Balaban J connectivity index is 3.36. The van der Waals surface area contributed by atoms with Gasteiger partial charge in [-0.25, -0.2) is 13.2 Å². The first-order chi connectivity index (χ1) is 9.20. The maximum Gasteiger partial charge on any atom is 0.335 e. The van der Waals surface area contributed by atoms with E-state index in [0.717, 1.165) is 10.4 Å². The fraction of sp³-hybridized carbons (Fsp3) is 0.273. The fourth-order valence-corrected chi connectivity index (χ4v) is 3.88. The highest BCUT2D eigenvalue weighted by molar-refractivity contribution is 9.10. The number of nitrogens with zero attached hydrogens (tertiary/aromatic N) is 1. The van der Waals surface area contributed by atoms with Gasteiger partial charge in [0.1, 0.15) is 0 Å². The summed E-state index contributed by atoms with van der Waals surface area (Å²) in [7, 11) is -4.01. The Morgan fingerprint density at radius 2 is 2.00 bits per heavy atom. The number of halogens is 1. The van der Waals surface area contributed by atoms with Gasteiger partial charge in [0.15, 0.2) is 0 Å². The van der Waals surface area contributed by atoms with E-state index < -0.39 is 28.4 Å². The molecule has 0 heterocycles. The van der Waals surface area contributed by atoms with Crippen LogP contribution < -0.4 is 5.73 Å². The molecule has 0 spiro atoms. The molecule has 0 aliphatic heterocycles. The Kier molecular flexibility index (Phi) is 5.26. The topological polar surface area (TPSA) is 118 Å². The van der Waals surface area contributed by atoms with Gasteiger partial charge in [-0.15, -0.1) is 0 Å². The highest BCUT2D eigenvalue weighted by Gasteiger charge is 2.27. The van der Waals surface area contributed by atoms with Crippen LogP contribution in [0.3, 0.4) is 0 Å². The molecule has 110 valence electrons. The van der Waals surface area contributed by atoms with Gasteiger partial charge in [0.2, 0.25) is 15.9 Å². The Morgan fingerprint density at radius 1 is 1.40 bits per heavy atom. The number of benzene rings is 1. The standard InChI is InChI=1S/C11H13BrN2O5S/c1-2-14(6-10(13)15)20(18,19)9-5-7(11(16)17)3-4-8(9)12/h3-5H,2,6H2,1H3,(H2,13,15)(H,16,17). The number of likely N-dealkylation sites (N-methyl/N-ethyl adjacent to an activating group) is 1. The predicted molar refractivity (Wildman–Crippen MR) is 74.7 cm³/mol. The maximum absolute atomic E-state index is 12.4. The number of hydrogen-bond donors (Lipinski definition) is 2. The molecule has 7 nitrogen and oxygen atoms in total. The molecule has 1 rings (SSSR count). The van der Waals surface area contributed by atoms with Crippen LogP contribution in [0.25, 0.3) is 0 Å². The Labute approximate surface area is 124 Å². The second kappa shape index (κ2) is 6.33. The van der Waals surface area contributed by atoms with Gasteiger partial charge in [-0.1, -0.05) is 6.92 Å². The number of aromatic carboxylic acids is 1. The molecule has 1 aromatic carbocycles. The molecule has 9 heteroatoms. The lowest BCUT2D eigenvalue weighted by molar-refractivity contribution is -0.118. The number of carbonyl (C=O) groups is 2. The zero-order chi connectivity index (χ0) is 15.5. The number of carboxylic acids is 1. The number of hydrogen-bond acceptors (Lipinski definition) is 4. The van der Waals surface area contributed by atoms with E-state index in [1.54, 1.807) is 6.92 Å². The van der Waals surface area contributed by atoms with Crippen molar-refractivity contribution in [3.63, 3.8) is 0 Å². The summed E-state index contributed by atoms with van der Waals surface area (Å²) < 4.78 is 25.9. The molecule has 0 aliphatic rings. The van der Waals surface area contributed by atoms with Gasteiger partial charge in [-0.2, -0.15) is 4.31 Å². The summed E-state index contributed by atoms with van der Waals surface area (Å²) in [5.74, 6) is -2.03. The molecule has 0 aromatic heterocycles. The fourth-order valence-electron chi connectivity index (χ4n) is 1.51. The van der Waals surface area contributed by atoms with E-state index in [1.807, 2.05) is 0 Å². The van der Waals surface area contributed by atoms with Crippen molar-refractivity contribution in [2.45, 2.75) is 11.8 Å². The molecule has 0 saturated heterocycles. The van der Waals surface area contributed by atoms with E-state index in [-0.39, 0.29) is 21.5 Å². The Hall–Kier alpha value is -1.45. The summed E-state index contributed by atoms with van der Waals surface area (Å²) in [6, 6.07) is 3.63. The predicted octanol–water partition coefficient (Wildman–Crippen LogP) is 0.643. The molecule has 0 aliphatic carbocycles. The minimum Gasteiger partial charge on any atom is -0.478 e. The van der Waals surface area contributed by atoms with Gasteiger partial charge in [0.05, 0.1) is 17.0 Å². The number of nitrogens with two attached hydrogens (primary N) is 1. The van der Waals surface area contributed by atoms with Crippen LogP contribution in [0.2, 0.25) is 0 Å². The van der Waals surface area contributed by atoms with Gasteiger partial charge in [0.25, 0.3) is 0 Å². The molecule has 0 unspecified atom stereocenters. The first-order valence-electron chi connectivity index (χ1n) is 5.51. The monoisotopic (exact) mass is 364 g/mol. The van der Waals surface area contributed by atoms with Crippen molar-refractivity contribution in [1.82, 2.24) is 4.31 Å². The SMILES string of the molecule is CCN(CC(N)=O)S(=O)(=O)c1cc(C(=O)O)ccc1Br. The van der Waals surface area contributed by atoms with Gasteiger partial charge >= 0.3 is 5.97 Å². The smallest absolute Gasteiger partial charge is 0.335 e. The molecule has 0 atom stereocenters. The minimum atomic E-state index is -4.01. The van der Waals surface area contributed by atoms with E-state index >= 15 is 0 Å². The van der Waals surface area contributed by atoms with Crippen LogP contribution in [0.1, 0.15) is 17.3 Å². The van der Waals surface area contributed by atoms with Crippen molar-refractivity contribution in [2.24, 2.45) is 5.73 Å². The summed E-state index contributed by atoms with van der Waals surface area (Å²) in [6.07, 6.45) is 0. The molecule has 1 amide bonds. The first-order valence-corrected chi connectivity index (χ1v) is 7.74. The normalized spacial score (nSPS) is 11.6. The zero-order valence-corrected chi connectivity index (χ0v) is 12.9. The van der Waals surface area contributed by atoms with E-state index in [0.29, 0.717) is 0 Å². The van der Waals surface area contributed by atoms with E-state index in [4.69, 9.17) is 10.8 Å². The third-order valence-electron chi connectivity index (χ3n) is 2.48. The van der Waals surface area contributed by atoms with Crippen LogP contribution in [0.15, 0.2) is 27.6 Å². The average molecular weight is 365 g/mol. The van der Waals surface area contributed by atoms with Gasteiger partial charge < -0.3 is 10.8 Å². The van der Waals surface area contributed by atoms with Crippen LogP contribution in [-0.4, -0.2) is 42.8 Å². The lowest BCUT2D eigenvalue weighted by atomic mass is 10.2. The van der Waals surface area contributed by atoms with Crippen molar-refractivity contribution in [2.75, 3.05) is 13.1 Å². The molecule has 0 radical (unpaired) electrons. The largest absolute Gasteiger partial charge is 0.478 e. The molecule has 1 aromatic rings. The van der Waals surface area contributed by atoms with Crippen LogP contribution >= 0.6 is 15.9 Å². The van der Waals surface area contributed by atoms with Gasteiger partial charge in [-0.05, 0) is 34.1 Å². The molecule has 0 bridgehead atoms. The quantitative estimate of drug-likeness (QED) is 0.767. The lowest BCUT2D eigenvalue weighted by Gasteiger charge is -2.19. The number of rotatable bonds is 6. The van der Waals surface area contributed by atoms with E-state index in [2.05, 4.69) is 15.9 Å². The zero-order valence-electron chi connectivity index (χ0n) is 10.5. The summed E-state index contributed by atoms with van der Waals surface area (Å²) in [5, 5.41) is 8.91. The van der Waals surface area contributed by atoms with Crippen molar-refractivity contribution in [3.05, 3.63) is 28.2 Å². The molecule has 0 saturated carbocycles. The summed E-state index contributed by atoms with van der Waals surface area (Å²) in [5.41, 5.74) is 4.84. The number of amides is 1. The second-order valence-electron chi connectivity index (χ2n) is 3.85.